The molecule has 18 heavy (non-hydrogen) atoms. The molecule has 1 radical (unpaired) electrons. The van der Waals surface area contributed by atoms with Crippen LogP contribution in [0.25, 0.3) is 0 Å². The normalized spacial score (nSPS) is 12.0. The molecule has 0 aliphatic rings. The van der Waals surface area contributed by atoms with Crippen LogP contribution in [-0.4, -0.2) is 28.6 Å². The van der Waals surface area contributed by atoms with Gasteiger partial charge in [-0.1, -0.05) is 39.0 Å². The van der Waals surface area contributed by atoms with Crippen molar-refractivity contribution in [1.29, 1.82) is 0 Å². The van der Waals surface area contributed by atoms with E-state index in [-0.39, 0.29) is 0 Å². The van der Waals surface area contributed by atoms with E-state index in [1.54, 1.807) is 0 Å². The van der Waals surface area contributed by atoms with E-state index in [1.165, 1.54) is 32.1 Å². The molecule has 0 aromatic rings. The minimum atomic E-state index is -2.49. The van der Waals surface area contributed by atoms with Gasteiger partial charge in [-0.25, -0.2) is 0 Å². The van der Waals surface area contributed by atoms with Crippen LogP contribution in [0.4, 0.5) is 0 Å². The molecule has 0 heterocycles. The molecular weight excluding hydrogens is 244 g/mol. The van der Waals surface area contributed by atoms with Crippen molar-refractivity contribution < 1.29 is 13.3 Å². The lowest BCUT2D eigenvalue weighted by Crippen LogP contribution is -2.47. The summed E-state index contributed by atoms with van der Waals surface area (Å²) in [7, 11) is -2.49. The predicted octanol–water partition coefficient (Wildman–Crippen LogP) is 4.14. The van der Waals surface area contributed by atoms with Gasteiger partial charge in [0.25, 0.3) is 0 Å². The Bertz CT molecular complexity index is 159. The molecule has 0 aromatic heterocycles. The Morgan fingerprint density at radius 2 is 1.22 bits per heavy atom. The lowest BCUT2D eigenvalue weighted by atomic mass is 10.1. The molecule has 3 nitrogen and oxygen atoms in total. The van der Waals surface area contributed by atoms with Crippen LogP contribution in [0.2, 0.25) is 0 Å². The molecule has 0 saturated carbocycles. The average molecular weight is 275 g/mol. The fourth-order valence-corrected chi connectivity index (χ4v) is 4.30. The standard InChI is InChI=1S/C14H31O3Si/c1-5-9-10-11-12-13-14-18(15-6-2,16-7-3)17-8-4/h14H,5-13H2,1-4H3. The fraction of sp³-hybridized carbons (Fsp3) is 0.929. The molecule has 0 aromatic carbocycles. The summed E-state index contributed by atoms with van der Waals surface area (Å²) in [6.07, 6.45) is 7.50. The monoisotopic (exact) mass is 275 g/mol. The minimum absolute atomic E-state index is 0.651. The van der Waals surface area contributed by atoms with Crippen LogP contribution in [0.3, 0.4) is 0 Å². The summed E-state index contributed by atoms with van der Waals surface area (Å²) in [5.74, 6) is 0. The van der Waals surface area contributed by atoms with Gasteiger partial charge in [0.2, 0.25) is 0 Å². The minimum Gasteiger partial charge on any atom is -0.374 e. The van der Waals surface area contributed by atoms with Crippen molar-refractivity contribution in [1.82, 2.24) is 0 Å². The summed E-state index contributed by atoms with van der Waals surface area (Å²) in [5, 5.41) is 0. The van der Waals surface area contributed by atoms with Gasteiger partial charge in [0.1, 0.15) is 0 Å². The maximum atomic E-state index is 5.78. The first-order valence-corrected chi connectivity index (χ1v) is 9.31. The van der Waals surface area contributed by atoms with Gasteiger partial charge in [0.05, 0.1) is 0 Å². The molecular formula is C14H31O3Si. The van der Waals surface area contributed by atoms with Crippen LogP contribution >= 0.6 is 0 Å². The van der Waals surface area contributed by atoms with Crippen molar-refractivity contribution in [3.63, 3.8) is 0 Å². The summed E-state index contributed by atoms with van der Waals surface area (Å²) in [4.78, 5) is 0. The molecule has 0 bridgehead atoms. The van der Waals surface area contributed by atoms with E-state index in [9.17, 15) is 0 Å². The number of hydrogen-bond donors (Lipinski definition) is 0. The molecule has 0 aliphatic heterocycles. The maximum absolute atomic E-state index is 5.78. The van der Waals surface area contributed by atoms with Gasteiger partial charge in [0.15, 0.2) is 0 Å². The second-order valence-corrected chi connectivity index (χ2v) is 6.79. The first-order valence-electron chi connectivity index (χ1n) is 7.50. The summed E-state index contributed by atoms with van der Waals surface area (Å²) < 4.78 is 17.3. The lowest BCUT2D eigenvalue weighted by molar-refractivity contribution is 0.0785. The Labute approximate surface area is 115 Å². The summed E-state index contributed by atoms with van der Waals surface area (Å²) >= 11 is 0. The molecule has 4 heteroatoms. The van der Waals surface area contributed by atoms with Crippen molar-refractivity contribution in [3.8, 4) is 0 Å². The molecule has 109 valence electrons. The van der Waals surface area contributed by atoms with Crippen molar-refractivity contribution in [2.75, 3.05) is 19.8 Å². The number of unbranched alkanes of at least 4 members (excludes halogenated alkanes) is 5. The van der Waals surface area contributed by atoms with E-state index in [0.717, 1.165) is 6.42 Å². The third-order valence-electron chi connectivity index (χ3n) is 2.74. The van der Waals surface area contributed by atoms with Crippen LogP contribution in [0.5, 0.6) is 0 Å². The van der Waals surface area contributed by atoms with E-state index in [4.69, 9.17) is 13.3 Å². The van der Waals surface area contributed by atoms with Gasteiger partial charge in [-0.05, 0) is 27.2 Å². The van der Waals surface area contributed by atoms with Crippen molar-refractivity contribution in [2.45, 2.75) is 66.2 Å². The largest absolute Gasteiger partial charge is 0.504 e. The van der Waals surface area contributed by atoms with E-state index >= 15 is 0 Å². The first kappa shape index (κ1) is 18.1. The van der Waals surface area contributed by atoms with E-state index in [1.807, 2.05) is 20.8 Å². The highest BCUT2D eigenvalue weighted by molar-refractivity contribution is 6.64. The Morgan fingerprint density at radius 1 is 0.722 bits per heavy atom. The highest BCUT2D eigenvalue weighted by Crippen LogP contribution is 2.18. The van der Waals surface area contributed by atoms with E-state index in [2.05, 4.69) is 13.0 Å². The molecule has 0 aliphatic carbocycles. The second-order valence-electron chi connectivity index (χ2n) is 4.31. The molecule has 0 atom stereocenters. The van der Waals surface area contributed by atoms with Crippen LogP contribution < -0.4 is 0 Å². The SMILES string of the molecule is CCCCCCC[CH][Si](OCC)(OCC)OCC. The maximum Gasteiger partial charge on any atom is 0.504 e. The zero-order valence-corrected chi connectivity index (χ0v) is 13.7. The zero-order chi connectivity index (χ0) is 13.7. The highest BCUT2D eigenvalue weighted by atomic mass is 28.4. The summed E-state index contributed by atoms with van der Waals surface area (Å²) in [5.41, 5.74) is 0. The topological polar surface area (TPSA) is 27.7 Å². The molecule has 0 rings (SSSR count). The van der Waals surface area contributed by atoms with Gasteiger partial charge in [0, 0.05) is 25.9 Å². The smallest absolute Gasteiger partial charge is 0.374 e. The lowest BCUT2D eigenvalue weighted by Gasteiger charge is -2.28. The van der Waals surface area contributed by atoms with E-state index < -0.39 is 8.80 Å². The van der Waals surface area contributed by atoms with Crippen LogP contribution in [-0.2, 0) is 13.3 Å². The number of rotatable bonds is 13. The molecule has 0 unspecified atom stereocenters. The third-order valence-corrected chi connectivity index (χ3v) is 5.60. The molecule has 0 fully saturated rings. The van der Waals surface area contributed by atoms with Crippen LogP contribution in [0.1, 0.15) is 66.2 Å². The Hall–Kier alpha value is 0.0969. The van der Waals surface area contributed by atoms with Crippen molar-refractivity contribution >= 4 is 8.80 Å². The van der Waals surface area contributed by atoms with Gasteiger partial charge >= 0.3 is 8.80 Å². The predicted molar refractivity (Wildman–Crippen MR) is 78.3 cm³/mol. The quantitative estimate of drug-likeness (QED) is 0.373. The van der Waals surface area contributed by atoms with Crippen LogP contribution in [0.15, 0.2) is 0 Å². The summed E-state index contributed by atoms with van der Waals surface area (Å²) in [6.45, 7) is 10.2. The second kappa shape index (κ2) is 12.1. The average Bonchev–Trinajstić information content (AvgIpc) is 2.35. The molecule has 0 N–H and O–H groups in total. The van der Waals surface area contributed by atoms with Crippen LogP contribution in [0, 0.1) is 6.04 Å². The highest BCUT2D eigenvalue weighted by Gasteiger charge is 2.39. The Kier molecular flexibility index (Phi) is 12.2. The van der Waals surface area contributed by atoms with Gasteiger partial charge in [-0.3, -0.25) is 0 Å². The van der Waals surface area contributed by atoms with Crippen molar-refractivity contribution in [3.05, 3.63) is 6.04 Å². The van der Waals surface area contributed by atoms with Gasteiger partial charge < -0.3 is 13.3 Å². The summed E-state index contributed by atoms with van der Waals surface area (Å²) in [6, 6.07) is 2.18. The van der Waals surface area contributed by atoms with E-state index in [0.29, 0.717) is 19.8 Å². The van der Waals surface area contributed by atoms with Crippen molar-refractivity contribution in [2.24, 2.45) is 0 Å². The van der Waals surface area contributed by atoms with Gasteiger partial charge in [-0.2, -0.15) is 0 Å². The fourth-order valence-electron chi connectivity index (χ4n) is 1.93. The molecule has 0 amide bonds. The Balaban J connectivity index is 3.97. The third kappa shape index (κ3) is 8.24. The molecule has 0 spiro atoms. The zero-order valence-electron chi connectivity index (χ0n) is 12.7. The first-order chi connectivity index (χ1) is 8.74. The molecule has 0 saturated heterocycles. The number of hydrogen-bond acceptors (Lipinski definition) is 3. The Morgan fingerprint density at radius 3 is 1.67 bits per heavy atom. The van der Waals surface area contributed by atoms with Gasteiger partial charge in [-0.15, -0.1) is 0 Å².